The van der Waals surface area contributed by atoms with Crippen LogP contribution in [-0.4, -0.2) is 35.1 Å². The summed E-state index contributed by atoms with van der Waals surface area (Å²) in [6, 6.07) is 5.45. The Hall–Kier alpha value is -0.930. The normalized spacial score (nSPS) is 24.2. The molecule has 2 unspecified atom stereocenters. The SMILES string of the molecule is CCC1CNC(CC(C)C)CN1Cc1ncccc1C. The van der Waals surface area contributed by atoms with E-state index in [1.54, 1.807) is 0 Å². The topological polar surface area (TPSA) is 28.2 Å². The molecule has 2 atom stereocenters. The minimum atomic E-state index is 0.627. The van der Waals surface area contributed by atoms with Crippen LogP contribution in [0.3, 0.4) is 0 Å². The van der Waals surface area contributed by atoms with Crippen molar-refractivity contribution >= 4 is 0 Å². The first-order valence-electron chi connectivity index (χ1n) is 7.98. The second-order valence-electron chi connectivity index (χ2n) is 6.49. The molecular weight excluding hydrogens is 246 g/mol. The molecule has 0 spiro atoms. The average molecular weight is 275 g/mol. The molecule has 1 saturated heterocycles. The van der Waals surface area contributed by atoms with E-state index in [1.807, 2.05) is 12.3 Å². The van der Waals surface area contributed by atoms with Crippen molar-refractivity contribution in [2.75, 3.05) is 13.1 Å². The van der Waals surface area contributed by atoms with Gasteiger partial charge in [0.15, 0.2) is 0 Å². The van der Waals surface area contributed by atoms with Crippen molar-refractivity contribution in [3.63, 3.8) is 0 Å². The average Bonchev–Trinajstić information content (AvgIpc) is 2.41. The summed E-state index contributed by atoms with van der Waals surface area (Å²) in [6.45, 7) is 12.3. The number of piperazine rings is 1. The zero-order valence-electron chi connectivity index (χ0n) is 13.4. The van der Waals surface area contributed by atoms with E-state index >= 15 is 0 Å². The predicted octanol–water partition coefficient (Wildman–Crippen LogP) is 2.99. The van der Waals surface area contributed by atoms with Gasteiger partial charge in [0, 0.05) is 37.9 Å². The predicted molar refractivity (Wildman–Crippen MR) is 84.7 cm³/mol. The van der Waals surface area contributed by atoms with E-state index in [0.29, 0.717) is 12.1 Å². The summed E-state index contributed by atoms with van der Waals surface area (Å²) < 4.78 is 0. The van der Waals surface area contributed by atoms with Gasteiger partial charge >= 0.3 is 0 Å². The van der Waals surface area contributed by atoms with Gasteiger partial charge < -0.3 is 5.32 Å². The van der Waals surface area contributed by atoms with E-state index < -0.39 is 0 Å². The summed E-state index contributed by atoms with van der Waals surface area (Å²) in [5.74, 6) is 0.754. The van der Waals surface area contributed by atoms with Crippen molar-refractivity contribution in [3.8, 4) is 0 Å². The molecule has 1 N–H and O–H groups in total. The van der Waals surface area contributed by atoms with Gasteiger partial charge in [-0.2, -0.15) is 0 Å². The molecule has 0 radical (unpaired) electrons. The molecule has 0 bridgehead atoms. The Kier molecular flexibility index (Phi) is 5.55. The van der Waals surface area contributed by atoms with Gasteiger partial charge in [-0.15, -0.1) is 0 Å². The van der Waals surface area contributed by atoms with Crippen LogP contribution in [0.5, 0.6) is 0 Å². The second-order valence-corrected chi connectivity index (χ2v) is 6.49. The first kappa shape index (κ1) is 15.5. The van der Waals surface area contributed by atoms with Crippen molar-refractivity contribution in [1.82, 2.24) is 15.2 Å². The lowest BCUT2D eigenvalue weighted by atomic mass is 9.98. The van der Waals surface area contributed by atoms with Gasteiger partial charge in [-0.25, -0.2) is 0 Å². The second kappa shape index (κ2) is 7.19. The standard InChI is InChI=1S/C17H29N3/c1-5-16-10-19-15(9-13(2)3)11-20(16)12-17-14(4)7-6-8-18-17/h6-8,13,15-16,19H,5,9-12H2,1-4H3. The zero-order valence-corrected chi connectivity index (χ0v) is 13.4. The van der Waals surface area contributed by atoms with Gasteiger partial charge in [0.05, 0.1) is 5.69 Å². The molecule has 112 valence electrons. The Morgan fingerprint density at radius 2 is 2.25 bits per heavy atom. The zero-order chi connectivity index (χ0) is 14.5. The summed E-state index contributed by atoms with van der Waals surface area (Å²) in [5.41, 5.74) is 2.54. The summed E-state index contributed by atoms with van der Waals surface area (Å²) in [4.78, 5) is 7.19. The number of aromatic nitrogens is 1. The molecule has 3 nitrogen and oxygen atoms in total. The molecular formula is C17H29N3. The van der Waals surface area contributed by atoms with Gasteiger partial charge in [-0.1, -0.05) is 26.8 Å². The molecule has 1 aliphatic heterocycles. The van der Waals surface area contributed by atoms with E-state index in [1.165, 1.54) is 24.1 Å². The van der Waals surface area contributed by atoms with E-state index in [4.69, 9.17) is 0 Å². The molecule has 1 aromatic rings. The molecule has 3 heteroatoms. The highest BCUT2D eigenvalue weighted by atomic mass is 15.2. The maximum absolute atomic E-state index is 4.57. The van der Waals surface area contributed by atoms with Crippen LogP contribution in [0.1, 0.15) is 44.9 Å². The molecule has 0 aliphatic carbocycles. The van der Waals surface area contributed by atoms with Crippen molar-refractivity contribution < 1.29 is 0 Å². The molecule has 2 rings (SSSR count). The van der Waals surface area contributed by atoms with Crippen LogP contribution < -0.4 is 5.32 Å². The lowest BCUT2D eigenvalue weighted by Gasteiger charge is -2.40. The van der Waals surface area contributed by atoms with Crippen LogP contribution in [-0.2, 0) is 6.54 Å². The summed E-state index contributed by atoms with van der Waals surface area (Å²) in [7, 11) is 0. The Morgan fingerprint density at radius 1 is 1.45 bits per heavy atom. The Balaban J connectivity index is 2.03. The Morgan fingerprint density at radius 3 is 2.90 bits per heavy atom. The summed E-state index contributed by atoms with van der Waals surface area (Å²) in [6.07, 6.45) is 4.37. The Bertz CT molecular complexity index is 416. The fourth-order valence-electron chi connectivity index (χ4n) is 3.13. The number of nitrogens with zero attached hydrogens (tertiary/aromatic N) is 2. The molecule has 2 heterocycles. The van der Waals surface area contributed by atoms with Crippen molar-refractivity contribution in [1.29, 1.82) is 0 Å². The maximum atomic E-state index is 4.57. The fourth-order valence-corrected chi connectivity index (χ4v) is 3.13. The number of rotatable bonds is 5. The molecule has 0 amide bonds. The summed E-state index contributed by atoms with van der Waals surface area (Å²) in [5, 5.41) is 3.72. The highest BCUT2D eigenvalue weighted by molar-refractivity contribution is 5.17. The number of pyridine rings is 1. The van der Waals surface area contributed by atoms with E-state index in [0.717, 1.165) is 25.6 Å². The first-order chi connectivity index (χ1) is 9.60. The van der Waals surface area contributed by atoms with Gasteiger partial charge in [-0.3, -0.25) is 9.88 Å². The molecule has 1 aromatic heterocycles. The lowest BCUT2D eigenvalue weighted by molar-refractivity contribution is 0.110. The maximum Gasteiger partial charge on any atom is 0.0573 e. The van der Waals surface area contributed by atoms with Crippen molar-refractivity contribution in [2.24, 2.45) is 5.92 Å². The minimum Gasteiger partial charge on any atom is -0.311 e. The third kappa shape index (κ3) is 4.03. The molecule has 20 heavy (non-hydrogen) atoms. The van der Waals surface area contributed by atoms with Crippen LogP contribution in [0.15, 0.2) is 18.3 Å². The number of aryl methyl sites for hydroxylation is 1. The van der Waals surface area contributed by atoms with Gasteiger partial charge in [0.1, 0.15) is 0 Å². The van der Waals surface area contributed by atoms with Gasteiger partial charge in [0.2, 0.25) is 0 Å². The molecule has 1 aliphatic rings. The van der Waals surface area contributed by atoms with Crippen LogP contribution in [0, 0.1) is 12.8 Å². The summed E-state index contributed by atoms with van der Waals surface area (Å²) >= 11 is 0. The van der Waals surface area contributed by atoms with Crippen LogP contribution in [0.4, 0.5) is 0 Å². The fraction of sp³-hybridized carbons (Fsp3) is 0.706. The number of hydrogen-bond acceptors (Lipinski definition) is 3. The van der Waals surface area contributed by atoms with E-state index in [9.17, 15) is 0 Å². The van der Waals surface area contributed by atoms with E-state index in [2.05, 4.69) is 49.0 Å². The highest BCUT2D eigenvalue weighted by Gasteiger charge is 2.27. The number of hydrogen-bond donors (Lipinski definition) is 1. The molecule has 0 aromatic carbocycles. The monoisotopic (exact) mass is 275 g/mol. The quantitative estimate of drug-likeness (QED) is 0.895. The van der Waals surface area contributed by atoms with Crippen LogP contribution in [0.2, 0.25) is 0 Å². The molecule has 1 fully saturated rings. The number of nitrogens with one attached hydrogen (secondary N) is 1. The minimum absolute atomic E-state index is 0.627. The Labute approximate surface area is 123 Å². The van der Waals surface area contributed by atoms with Crippen LogP contribution >= 0.6 is 0 Å². The van der Waals surface area contributed by atoms with Gasteiger partial charge in [-0.05, 0) is 37.3 Å². The largest absolute Gasteiger partial charge is 0.311 e. The highest BCUT2D eigenvalue weighted by Crippen LogP contribution is 2.18. The third-order valence-electron chi connectivity index (χ3n) is 4.31. The van der Waals surface area contributed by atoms with Crippen molar-refractivity contribution in [3.05, 3.63) is 29.6 Å². The van der Waals surface area contributed by atoms with Crippen LogP contribution in [0.25, 0.3) is 0 Å². The van der Waals surface area contributed by atoms with Crippen molar-refractivity contribution in [2.45, 2.75) is 59.2 Å². The third-order valence-corrected chi connectivity index (χ3v) is 4.31. The smallest absolute Gasteiger partial charge is 0.0573 e. The lowest BCUT2D eigenvalue weighted by Crippen LogP contribution is -2.56. The van der Waals surface area contributed by atoms with E-state index in [-0.39, 0.29) is 0 Å². The van der Waals surface area contributed by atoms with Gasteiger partial charge in [0.25, 0.3) is 0 Å². The first-order valence-corrected chi connectivity index (χ1v) is 7.98. The molecule has 0 saturated carbocycles.